The van der Waals surface area contributed by atoms with Gasteiger partial charge in [0.05, 0.1) is 17.9 Å². The Kier molecular flexibility index (Phi) is 3.68. The predicted octanol–water partition coefficient (Wildman–Crippen LogP) is 2.72. The molecule has 2 aromatic rings. The Balaban J connectivity index is 2.12. The average molecular weight is 282 g/mol. The molecule has 1 unspecified atom stereocenters. The van der Waals surface area contributed by atoms with Crippen molar-refractivity contribution in [2.75, 3.05) is 11.6 Å². The fraction of sp³-hybridized carbons (Fsp3) is 0.250. The number of pyridine rings is 1. The molecule has 6 heteroatoms. The van der Waals surface area contributed by atoms with Gasteiger partial charge in [-0.25, -0.2) is 13.4 Å². The lowest BCUT2D eigenvalue weighted by Crippen LogP contribution is -2.06. The Hall–Kier alpha value is -1.40. The highest BCUT2D eigenvalue weighted by atomic mass is 32.2. The summed E-state index contributed by atoms with van der Waals surface area (Å²) in [6.45, 7) is 2.05. The first-order valence-electron chi connectivity index (χ1n) is 5.43. The number of aromatic nitrogens is 1. The number of nitrogens with one attached hydrogen (secondary N) is 1. The second kappa shape index (κ2) is 5.07. The van der Waals surface area contributed by atoms with Gasteiger partial charge in [-0.1, -0.05) is 6.07 Å². The molecule has 2 aromatic heterocycles. The Morgan fingerprint density at radius 1 is 1.33 bits per heavy atom. The topological polar surface area (TPSA) is 59.1 Å². The minimum Gasteiger partial charge on any atom is -0.376 e. The van der Waals surface area contributed by atoms with Crippen molar-refractivity contribution in [3.05, 3.63) is 40.7 Å². The van der Waals surface area contributed by atoms with Gasteiger partial charge >= 0.3 is 0 Å². The molecule has 4 nitrogen and oxygen atoms in total. The van der Waals surface area contributed by atoms with E-state index in [0.29, 0.717) is 0 Å². The highest BCUT2D eigenvalue weighted by Gasteiger charge is 2.10. The molecule has 1 N–H and O–H groups in total. The van der Waals surface area contributed by atoms with Gasteiger partial charge in [0.25, 0.3) is 0 Å². The van der Waals surface area contributed by atoms with Crippen LogP contribution in [0.4, 0.5) is 5.69 Å². The van der Waals surface area contributed by atoms with Gasteiger partial charge in [0.1, 0.15) is 0 Å². The number of nitrogens with zero attached hydrogens (tertiary/aromatic N) is 1. The van der Waals surface area contributed by atoms with Gasteiger partial charge in [0, 0.05) is 11.1 Å². The summed E-state index contributed by atoms with van der Waals surface area (Å²) in [6, 6.07) is 7.48. The van der Waals surface area contributed by atoms with Gasteiger partial charge in [0.2, 0.25) is 0 Å². The lowest BCUT2D eigenvalue weighted by atomic mass is 10.2. The lowest BCUT2D eigenvalue weighted by Gasteiger charge is -2.13. The van der Waals surface area contributed by atoms with E-state index < -0.39 is 9.84 Å². The average Bonchev–Trinajstić information content (AvgIpc) is 2.82. The molecular weight excluding hydrogens is 268 g/mol. The Labute approximate surface area is 111 Å². The molecule has 0 aliphatic carbocycles. The Bertz CT molecular complexity index is 604. The summed E-state index contributed by atoms with van der Waals surface area (Å²) < 4.78 is 22.5. The maximum absolute atomic E-state index is 11.3. The predicted molar refractivity (Wildman–Crippen MR) is 73.7 cm³/mol. The fourth-order valence-corrected chi connectivity index (χ4v) is 2.84. The summed E-state index contributed by atoms with van der Waals surface area (Å²) in [5.74, 6) is 0. The zero-order valence-electron chi connectivity index (χ0n) is 10.1. The van der Waals surface area contributed by atoms with Crippen molar-refractivity contribution >= 4 is 26.9 Å². The van der Waals surface area contributed by atoms with E-state index in [1.54, 1.807) is 23.6 Å². The molecule has 96 valence electrons. The highest BCUT2D eigenvalue weighted by Crippen LogP contribution is 2.22. The summed E-state index contributed by atoms with van der Waals surface area (Å²) in [7, 11) is -3.23. The van der Waals surface area contributed by atoms with Crippen LogP contribution in [0.5, 0.6) is 0 Å². The SMILES string of the molecule is CC(Nc1ccc(S(C)(=O)=O)nc1)c1cccs1. The summed E-state index contributed by atoms with van der Waals surface area (Å²) in [6.07, 6.45) is 2.69. The summed E-state index contributed by atoms with van der Waals surface area (Å²) in [5.41, 5.74) is 0.809. The van der Waals surface area contributed by atoms with Crippen LogP contribution in [0, 0.1) is 0 Å². The lowest BCUT2D eigenvalue weighted by molar-refractivity contribution is 0.598. The van der Waals surface area contributed by atoms with Gasteiger partial charge < -0.3 is 5.32 Å². The van der Waals surface area contributed by atoms with Crippen LogP contribution in [-0.4, -0.2) is 19.7 Å². The van der Waals surface area contributed by atoms with Gasteiger partial charge in [-0.05, 0) is 30.5 Å². The molecule has 0 amide bonds. The monoisotopic (exact) mass is 282 g/mol. The fourth-order valence-electron chi connectivity index (χ4n) is 1.54. The van der Waals surface area contributed by atoms with Crippen LogP contribution in [0.1, 0.15) is 17.8 Å². The van der Waals surface area contributed by atoms with Crippen molar-refractivity contribution in [2.24, 2.45) is 0 Å². The van der Waals surface area contributed by atoms with Gasteiger partial charge in [-0.15, -0.1) is 11.3 Å². The second-order valence-electron chi connectivity index (χ2n) is 4.04. The molecular formula is C12H14N2O2S2. The van der Waals surface area contributed by atoms with E-state index >= 15 is 0 Å². The van der Waals surface area contributed by atoms with E-state index in [2.05, 4.69) is 23.3 Å². The first-order valence-corrected chi connectivity index (χ1v) is 8.20. The first kappa shape index (κ1) is 13.0. The molecule has 0 spiro atoms. The maximum Gasteiger partial charge on any atom is 0.192 e. The number of thiophene rings is 1. The molecule has 0 aliphatic rings. The molecule has 0 aromatic carbocycles. The van der Waals surface area contributed by atoms with E-state index in [1.807, 2.05) is 11.4 Å². The van der Waals surface area contributed by atoms with E-state index in [4.69, 9.17) is 0 Å². The standard InChI is InChI=1S/C12H14N2O2S2/c1-9(11-4-3-7-17-11)14-10-5-6-12(13-8-10)18(2,15)16/h3-9,14H,1-2H3. The third-order valence-corrected chi connectivity index (χ3v) is 4.53. The summed E-state index contributed by atoms with van der Waals surface area (Å²) in [5, 5.41) is 5.40. The van der Waals surface area contributed by atoms with Crippen LogP contribution < -0.4 is 5.32 Å². The van der Waals surface area contributed by atoms with E-state index in [1.165, 1.54) is 10.9 Å². The minimum atomic E-state index is -3.23. The molecule has 2 rings (SSSR count). The summed E-state index contributed by atoms with van der Waals surface area (Å²) >= 11 is 1.68. The molecule has 0 saturated heterocycles. The van der Waals surface area contributed by atoms with Crippen molar-refractivity contribution in [1.82, 2.24) is 4.98 Å². The zero-order valence-corrected chi connectivity index (χ0v) is 11.8. The van der Waals surface area contributed by atoms with Crippen molar-refractivity contribution in [2.45, 2.75) is 18.0 Å². The van der Waals surface area contributed by atoms with Crippen LogP contribution in [0.2, 0.25) is 0 Å². The van der Waals surface area contributed by atoms with Crippen molar-refractivity contribution in [1.29, 1.82) is 0 Å². The van der Waals surface area contributed by atoms with Gasteiger partial charge in [-0.3, -0.25) is 0 Å². The number of anilines is 1. The number of rotatable bonds is 4. The molecule has 1 atom stereocenters. The van der Waals surface area contributed by atoms with Crippen molar-refractivity contribution in [3.8, 4) is 0 Å². The number of hydrogen-bond donors (Lipinski definition) is 1. The second-order valence-corrected chi connectivity index (χ2v) is 6.98. The van der Waals surface area contributed by atoms with E-state index in [0.717, 1.165) is 11.9 Å². The van der Waals surface area contributed by atoms with Crippen LogP contribution in [-0.2, 0) is 9.84 Å². The first-order chi connectivity index (χ1) is 8.47. The molecule has 0 aliphatic heterocycles. The molecule has 2 heterocycles. The van der Waals surface area contributed by atoms with E-state index in [9.17, 15) is 8.42 Å². The van der Waals surface area contributed by atoms with Crippen LogP contribution in [0.3, 0.4) is 0 Å². The van der Waals surface area contributed by atoms with Crippen LogP contribution in [0.25, 0.3) is 0 Å². The molecule has 0 fully saturated rings. The smallest absolute Gasteiger partial charge is 0.192 e. The quantitative estimate of drug-likeness (QED) is 0.936. The van der Waals surface area contributed by atoms with Crippen LogP contribution >= 0.6 is 11.3 Å². The Morgan fingerprint density at radius 3 is 2.61 bits per heavy atom. The zero-order chi connectivity index (χ0) is 13.2. The van der Waals surface area contributed by atoms with Gasteiger partial charge in [0.15, 0.2) is 14.9 Å². The summed E-state index contributed by atoms with van der Waals surface area (Å²) in [4.78, 5) is 5.16. The van der Waals surface area contributed by atoms with Crippen molar-refractivity contribution in [3.63, 3.8) is 0 Å². The minimum absolute atomic E-state index is 0.0943. The largest absolute Gasteiger partial charge is 0.376 e. The van der Waals surface area contributed by atoms with Crippen LogP contribution in [0.15, 0.2) is 40.9 Å². The highest BCUT2D eigenvalue weighted by molar-refractivity contribution is 7.90. The molecule has 18 heavy (non-hydrogen) atoms. The van der Waals surface area contributed by atoms with Crippen molar-refractivity contribution < 1.29 is 8.42 Å². The van der Waals surface area contributed by atoms with Gasteiger partial charge in [-0.2, -0.15) is 0 Å². The molecule has 0 bridgehead atoms. The number of hydrogen-bond acceptors (Lipinski definition) is 5. The molecule has 0 saturated carbocycles. The Morgan fingerprint density at radius 2 is 2.11 bits per heavy atom. The molecule has 0 radical (unpaired) electrons. The van der Waals surface area contributed by atoms with E-state index in [-0.39, 0.29) is 11.1 Å². The normalized spacial score (nSPS) is 13.2. The maximum atomic E-state index is 11.3. The number of sulfone groups is 1. The third kappa shape index (κ3) is 3.08. The third-order valence-electron chi connectivity index (χ3n) is 2.47.